The van der Waals surface area contributed by atoms with Gasteiger partial charge >= 0.3 is 0 Å². The fourth-order valence-corrected chi connectivity index (χ4v) is 5.54. The first-order valence-corrected chi connectivity index (χ1v) is 11.9. The third kappa shape index (κ3) is 5.69. The summed E-state index contributed by atoms with van der Waals surface area (Å²) in [6.07, 6.45) is 0. The largest absolute Gasteiger partial charge is 0.360 e. The van der Waals surface area contributed by atoms with Gasteiger partial charge in [0.05, 0.1) is 15.2 Å². The molecule has 0 bridgehead atoms. The minimum Gasteiger partial charge on any atom is -0.360 e. The van der Waals surface area contributed by atoms with Crippen molar-refractivity contribution in [1.29, 1.82) is 0 Å². The van der Waals surface area contributed by atoms with Crippen LogP contribution in [-0.2, 0) is 10.0 Å². The number of nitrogens with one attached hydrogen (secondary N) is 3. The average Bonchev–Trinajstić information content (AvgIpc) is 3.06. The molecule has 1 heterocycles. The number of fused-ring (bicyclic) bond motifs is 1. The van der Waals surface area contributed by atoms with Crippen LogP contribution in [0.1, 0.15) is 31.1 Å². The molecule has 160 valence electrons. The molecule has 3 aromatic rings. The maximum Gasteiger partial charge on any atom is 0.251 e. The summed E-state index contributed by atoms with van der Waals surface area (Å²) in [4.78, 5) is 16.8. The highest BCUT2D eigenvalue weighted by Crippen LogP contribution is 2.25. The second-order valence-corrected chi connectivity index (χ2v) is 10.8. The Balaban J connectivity index is 1.61. The Morgan fingerprint density at radius 2 is 1.87 bits per heavy atom. The molecule has 0 atom stereocenters. The molecule has 0 fully saturated rings. The van der Waals surface area contributed by atoms with Crippen LogP contribution in [-0.4, -0.2) is 37.9 Å². The van der Waals surface area contributed by atoms with Crippen LogP contribution in [0, 0.1) is 0 Å². The van der Waals surface area contributed by atoms with Crippen molar-refractivity contribution in [3.05, 3.63) is 53.1 Å². The summed E-state index contributed by atoms with van der Waals surface area (Å²) in [5.41, 5.74) is 0.466. The van der Waals surface area contributed by atoms with Gasteiger partial charge in [-0.25, -0.2) is 18.1 Å². The normalized spacial score (nSPS) is 12.1. The molecule has 3 rings (SSSR count). The zero-order valence-corrected chi connectivity index (χ0v) is 19.2. The number of hydrogen-bond donors (Lipinski definition) is 3. The van der Waals surface area contributed by atoms with Gasteiger partial charge in [0, 0.05) is 24.2 Å². The van der Waals surface area contributed by atoms with Crippen LogP contribution in [0.15, 0.2) is 47.4 Å². The maximum atomic E-state index is 12.6. The predicted molar refractivity (Wildman–Crippen MR) is 122 cm³/mol. The lowest BCUT2D eigenvalue weighted by molar-refractivity contribution is 0.0955. The van der Waals surface area contributed by atoms with E-state index in [-0.39, 0.29) is 21.4 Å². The molecule has 3 N–H and O–H groups in total. The third-order valence-electron chi connectivity index (χ3n) is 3.90. The molecule has 1 aromatic heterocycles. The molecule has 0 aliphatic rings. The van der Waals surface area contributed by atoms with E-state index in [9.17, 15) is 13.2 Å². The summed E-state index contributed by atoms with van der Waals surface area (Å²) in [7, 11) is -3.86. The lowest BCUT2D eigenvalue weighted by Gasteiger charge is -2.21. The zero-order valence-electron chi connectivity index (χ0n) is 16.8. The smallest absolute Gasteiger partial charge is 0.251 e. The molecule has 7 nitrogen and oxygen atoms in total. The van der Waals surface area contributed by atoms with E-state index in [0.29, 0.717) is 13.1 Å². The molecule has 0 aliphatic heterocycles. The Bertz CT molecular complexity index is 1140. The molecule has 0 spiro atoms. The minimum absolute atomic E-state index is 0.0563. The van der Waals surface area contributed by atoms with E-state index in [0.717, 1.165) is 15.3 Å². The number of para-hydroxylation sites is 1. The second-order valence-electron chi connectivity index (χ2n) is 7.67. The highest BCUT2D eigenvalue weighted by Gasteiger charge is 2.25. The number of benzene rings is 2. The molecule has 0 unspecified atom stereocenters. The average molecular weight is 467 g/mol. The summed E-state index contributed by atoms with van der Waals surface area (Å²) in [5, 5.41) is 6.78. The van der Waals surface area contributed by atoms with Gasteiger partial charge in [0.1, 0.15) is 4.90 Å². The Hall–Kier alpha value is -2.20. The molecule has 1 amide bonds. The number of rotatable bonds is 7. The number of nitrogens with zero attached hydrogens (tertiary/aromatic N) is 1. The monoisotopic (exact) mass is 466 g/mol. The van der Waals surface area contributed by atoms with Crippen LogP contribution in [0.5, 0.6) is 0 Å². The Morgan fingerprint density at radius 1 is 1.13 bits per heavy atom. The van der Waals surface area contributed by atoms with Crippen LogP contribution in [0.25, 0.3) is 10.2 Å². The molecular formula is C20H23ClN4O3S2. The van der Waals surface area contributed by atoms with Crippen molar-refractivity contribution in [3.8, 4) is 0 Å². The maximum absolute atomic E-state index is 12.6. The highest BCUT2D eigenvalue weighted by atomic mass is 35.5. The number of hydrogen-bond acceptors (Lipinski definition) is 6. The van der Waals surface area contributed by atoms with E-state index in [4.69, 9.17) is 11.6 Å². The van der Waals surface area contributed by atoms with Gasteiger partial charge in [-0.15, -0.1) is 0 Å². The van der Waals surface area contributed by atoms with Gasteiger partial charge in [-0.2, -0.15) is 0 Å². The van der Waals surface area contributed by atoms with E-state index in [2.05, 4.69) is 20.3 Å². The van der Waals surface area contributed by atoms with Crippen LogP contribution in [0.4, 0.5) is 5.13 Å². The number of thiazole rings is 1. The van der Waals surface area contributed by atoms with Gasteiger partial charge in [-0.3, -0.25) is 4.79 Å². The number of aromatic nitrogens is 1. The van der Waals surface area contributed by atoms with E-state index in [1.54, 1.807) is 20.8 Å². The first-order chi connectivity index (χ1) is 14.0. The summed E-state index contributed by atoms with van der Waals surface area (Å²) < 4.78 is 28.8. The molecule has 10 heteroatoms. The van der Waals surface area contributed by atoms with Crippen LogP contribution in [0.3, 0.4) is 0 Å². The molecule has 2 aromatic carbocycles. The Labute approximate surface area is 184 Å². The Kier molecular flexibility index (Phi) is 6.66. The Morgan fingerprint density at radius 3 is 2.57 bits per heavy atom. The number of anilines is 1. The van der Waals surface area contributed by atoms with Crippen molar-refractivity contribution in [2.24, 2.45) is 0 Å². The van der Waals surface area contributed by atoms with Gasteiger partial charge in [0.2, 0.25) is 10.0 Å². The highest BCUT2D eigenvalue weighted by molar-refractivity contribution is 7.89. The molecule has 0 saturated heterocycles. The topological polar surface area (TPSA) is 100 Å². The first-order valence-electron chi connectivity index (χ1n) is 9.26. The van der Waals surface area contributed by atoms with Crippen molar-refractivity contribution in [2.75, 3.05) is 18.4 Å². The fraction of sp³-hybridized carbons (Fsp3) is 0.300. The predicted octanol–water partition coefficient (Wildman–Crippen LogP) is 3.87. The molecular weight excluding hydrogens is 444 g/mol. The van der Waals surface area contributed by atoms with E-state index < -0.39 is 15.6 Å². The summed E-state index contributed by atoms with van der Waals surface area (Å²) >= 11 is 7.62. The van der Waals surface area contributed by atoms with Gasteiger partial charge in [-0.1, -0.05) is 35.1 Å². The number of carbonyl (C=O) groups is 1. The molecule has 0 saturated carbocycles. The van der Waals surface area contributed by atoms with Gasteiger partial charge < -0.3 is 10.6 Å². The van der Waals surface area contributed by atoms with Gasteiger partial charge in [0.25, 0.3) is 5.91 Å². The second kappa shape index (κ2) is 8.89. The van der Waals surface area contributed by atoms with Crippen LogP contribution < -0.4 is 15.4 Å². The van der Waals surface area contributed by atoms with Crippen molar-refractivity contribution >= 4 is 54.2 Å². The number of amides is 1. The third-order valence-corrected chi connectivity index (χ3v) is 7.14. The summed E-state index contributed by atoms with van der Waals surface area (Å²) in [5.74, 6) is -0.384. The zero-order chi connectivity index (χ0) is 21.9. The fourth-order valence-electron chi connectivity index (χ4n) is 2.70. The van der Waals surface area contributed by atoms with Crippen LogP contribution in [0.2, 0.25) is 5.02 Å². The lowest BCUT2D eigenvalue weighted by Crippen LogP contribution is -2.40. The lowest BCUT2D eigenvalue weighted by atomic mass is 10.1. The number of halogens is 1. The molecule has 0 radical (unpaired) electrons. The molecule has 0 aliphatic carbocycles. The SMILES string of the molecule is CC(C)(C)NS(=O)(=O)c1cc(C(=O)NCCNc2nc3ccccc3s2)ccc1Cl. The van der Waals surface area contributed by atoms with Crippen LogP contribution >= 0.6 is 22.9 Å². The van der Waals surface area contributed by atoms with E-state index in [1.807, 2.05) is 24.3 Å². The minimum atomic E-state index is -3.86. The molecule has 30 heavy (non-hydrogen) atoms. The van der Waals surface area contributed by atoms with Crippen molar-refractivity contribution in [3.63, 3.8) is 0 Å². The van der Waals surface area contributed by atoms with E-state index >= 15 is 0 Å². The quantitative estimate of drug-likeness (QED) is 0.459. The standard InChI is InChI=1S/C20H23ClN4O3S2/c1-20(2,3)25-30(27,28)17-12-13(8-9-14(17)21)18(26)22-10-11-23-19-24-15-6-4-5-7-16(15)29-19/h4-9,12,25H,10-11H2,1-3H3,(H,22,26)(H,23,24). The number of sulfonamides is 1. The summed E-state index contributed by atoms with van der Waals surface area (Å²) in [6.45, 7) is 6.02. The first kappa shape index (κ1) is 22.5. The van der Waals surface area contributed by atoms with Crippen molar-refractivity contribution in [2.45, 2.75) is 31.2 Å². The van der Waals surface area contributed by atoms with Gasteiger partial charge in [0.15, 0.2) is 5.13 Å². The number of carbonyl (C=O) groups excluding carboxylic acids is 1. The van der Waals surface area contributed by atoms with Gasteiger partial charge in [-0.05, 0) is 51.1 Å². The van der Waals surface area contributed by atoms with Crippen molar-refractivity contribution < 1.29 is 13.2 Å². The van der Waals surface area contributed by atoms with E-state index in [1.165, 1.54) is 29.5 Å². The summed E-state index contributed by atoms with van der Waals surface area (Å²) in [6, 6.07) is 12.0. The van der Waals surface area contributed by atoms with Crippen molar-refractivity contribution in [1.82, 2.24) is 15.0 Å².